The van der Waals surface area contributed by atoms with Gasteiger partial charge in [-0.25, -0.2) is 4.98 Å². The lowest BCUT2D eigenvalue weighted by molar-refractivity contribution is 0.650. The van der Waals surface area contributed by atoms with Crippen LogP contribution in [0.25, 0.3) is 10.2 Å². The van der Waals surface area contributed by atoms with E-state index in [1.54, 1.807) is 0 Å². The topological polar surface area (TPSA) is 19.4 Å². The Kier molecular flexibility index (Phi) is 9.73. The lowest BCUT2D eigenvalue weighted by Crippen LogP contribution is -2.58. The van der Waals surface area contributed by atoms with Gasteiger partial charge in [0.25, 0.3) is 0 Å². The lowest BCUT2D eigenvalue weighted by Gasteiger charge is -2.39. The maximum atomic E-state index is 4.97. The lowest BCUT2D eigenvalue weighted by atomic mass is 9.32. The molecule has 0 atom stereocenters. The first-order valence-corrected chi connectivity index (χ1v) is 19.5. The van der Waals surface area contributed by atoms with Crippen LogP contribution in [0.4, 0.5) is 10.8 Å². The van der Waals surface area contributed by atoms with Crippen molar-refractivity contribution in [2.75, 3.05) is 36.0 Å². The molecule has 0 unspecified atom stereocenters. The van der Waals surface area contributed by atoms with Gasteiger partial charge in [0.05, 0.1) is 10.2 Å². The third kappa shape index (κ3) is 5.56. The van der Waals surface area contributed by atoms with E-state index in [1.807, 2.05) is 11.3 Å². The molecule has 2 heterocycles. The minimum Gasteiger partial charge on any atom is -0.368 e. The zero-order valence-corrected chi connectivity index (χ0v) is 34.7. The zero-order chi connectivity index (χ0) is 34.9. The number of halogens is 2. The summed E-state index contributed by atoms with van der Waals surface area (Å²) < 4.78 is 3.73. The van der Waals surface area contributed by atoms with Crippen molar-refractivity contribution >= 4 is 87.3 Å². The Morgan fingerprint density at radius 2 is 0.896 bits per heavy atom. The summed E-state index contributed by atoms with van der Waals surface area (Å²) in [4.78, 5) is 10.1. The molecule has 1 saturated heterocycles. The highest BCUT2D eigenvalue weighted by Crippen LogP contribution is 2.35. The van der Waals surface area contributed by atoms with Gasteiger partial charge in [-0.05, 0) is 129 Å². The van der Waals surface area contributed by atoms with Crippen molar-refractivity contribution in [1.82, 2.24) is 4.98 Å². The molecular formula is C41H48BBr2N3S. The monoisotopic (exact) mass is 783 g/mol. The van der Waals surface area contributed by atoms with Crippen molar-refractivity contribution < 1.29 is 0 Å². The van der Waals surface area contributed by atoms with Crippen molar-refractivity contribution in [2.45, 2.75) is 83.1 Å². The summed E-state index contributed by atoms with van der Waals surface area (Å²) in [7, 11) is 0. The average Bonchev–Trinajstić information content (AvgIpc) is 3.52. The molecule has 1 aromatic heterocycles. The van der Waals surface area contributed by atoms with Crippen molar-refractivity contribution in [2.24, 2.45) is 0 Å². The van der Waals surface area contributed by atoms with Gasteiger partial charge in [0.15, 0.2) is 5.13 Å². The molecule has 0 amide bonds. The summed E-state index contributed by atoms with van der Waals surface area (Å²) in [5.41, 5.74) is 23.5. The molecule has 0 radical (unpaired) electrons. The summed E-state index contributed by atoms with van der Waals surface area (Å²) in [6.45, 7) is 32.0. The Morgan fingerprint density at radius 1 is 0.521 bits per heavy atom. The van der Waals surface area contributed by atoms with Gasteiger partial charge in [0.2, 0.25) is 6.71 Å². The highest BCUT2D eigenvalue weighted by atomic mass is 79.9. The maximum absolute atomic E-state index is 4.97. The number of fused-ring (bicyclic) bond motifs is 1. The van der Waals surface area contributed by atoms with Crippen molar-refractivity contribution in [3.63, 3.8) is 0 Å². The summed E-state index contributed by atoms with van der Waals surface area (Å²) in [5.74, 6) is 0. The number of nitrogens with zero attached hydrogens (tertiary/aromatic N) is 3. The van der Waals surface area contributed by atoms with E-state index in [4.69, 9.17) is 4.98 Å². The van der Waals surface area contributed by atoms with Gasteiger partial charge < -0.3 is 9.80 Å². The minimum absolute atomic E-state index is 0.128. The molecule has 48 heavy (non-hydrogen) atoms. The van der Waals surface area contributed by atoms with Crippen LogP contribution in [0.15, 0.2) is 33.2 Å². The van der Waals surface area contributed by atoms with Crippen LogP contribution in [0, 0.1) is 83.1 Å². The quantitative estimate of drug-likeness (QED) is 0.166. The van der Waals surface area contributed by atoms with E-state index in [0.717, 1.165) is 36.8 Å². The van der Waals surface area contributed by atoms with E-state index in [2.05, 4.69) is 149 Å². The van der Waals surface area contributed by atoms with Gasteiger partial charge in [-0.15, -0.1) is 0 Å². The van der Waals surface area contributed by atoms with Crippen molar-refractivity contribution in [1.29, 1.82) is 0 Å². The van der Waals surface area contributed by atoms with E-state index >= 15 is 0 Å². The second kappa shape index (κ2) is 13.3. The van der Waals surface area contributed by atoms with Gasteiger partial charge in [-0.1, -0.05) is 105 Å². The maximum Gasteiger partial charge on any atom is 0.243 e. The van der Waals surface area contributed by atoms with Crippen LogP contribution in [-0.4, -0.2) is 37.9 Å². The van der Waals surface area contributed by atoms with Gasteiger partial charge in [-0.3, -0.25) is 0 Å². The second-order valence-corrected chi connectivity index (χ2v) is 16.7. The Hall–Kier alpha value is -2.61. The van der Waals surface area contributed by atoms with E-state index in [1.165, 1.54) is 102 Å². The third-order valence-electron chi connectivity index (χ3n) is 11.8. The molecular weight excluding hydrogens is 737 g/mol. The molecule has 5 aromatic rings. The fourth-order valence-corrected chi connectivity index (χ4v) is 10.4. The smallest absolute Gasteiger partial charge is 0.243 e. The molecule has 6 rings (SSSR count). The van der Waals surface area contributed by atoms with Crippen molar-refractivity contribution in [3.05, 3.63) is 100.0 Å². The predicted molar refractivity (Wildman–Crippen MR) is 220 cm³/mol. The highest BCUT2D eigenvalue weighted by molar-refractivity contribution is 9.11. The molecule has 4 aromatic carbocycles. The first kappa shape index (κ1) is 35.2. The Bertz CT molecular complexity index is 1920. The molecule has 0 N–H and O–H groups in total. The number of para-hydroxylation sites is 1. The fraction of sp³-hybridized carbons (Fsp3) is 0.390. The van der Waals surface area contributed by atoms with Crippen LogP contribution in [0.5, 0.6) is 0 Å². The van der Waals surface area contributed by atoms with Gasteiger partial charge in [0.1, 0.15) is 0 Å². The fourth-order valence-electron chi connectivity index (χ4n) is 8.24. The van der Waals surface area contributed by atoms with Crippen LogP contribution in [0.2, 0.25) is 0 Å². The number of rotatable bonds is 5. The number of anilines is 2. The van der Waals surface area contributed by atoms with Crippen LogP contribution in [0.1, 0.15) is 66.8 Å². The summed E-state index contributed by atoms with van der Waals surface area (Å²) >= 11 is 9.72. The van der Waals surface area contributed by atoms with E-state index in [-0.39, 0.29) is 6.71 Å². The first-order chi connectivity index (χ1) is 22.7. The van der Waals surface area contributed by atoms with Crippen LogP contribution >= 0.6 is 43.2 Å². The van der Waals surface area contributed by atoms with E-state index < -0.39 is 0 Å². The van der Waals surface area contributed by atoms with Gasteiger partial charge in [0, 0.05) is 40.8 Å². The first-order valence-electron chi connectivity index (χ1n) is 17.1. The number of benzene rings is 4. The third-order valence-corrected chi connectivity index (χ3v) is 15.3. The molecule has 1 aliphatic heterocycles. The van der Waals surface area contributed by atoms with Crippen LogP contribution < -0.4 is 26.2 Å². The number of thiazole rings is 1. The minimum atomic E-state index is 0.128. The summed E-state index contributed by atoms with van der Waals surface area (Å²) in [5, 5.41) is 1.14. The molecule has 0 saturated carbocycles. The average molecular weight is 786 g/mol. The van der Waals surface area contributed by atoms with Crippen LogP contribution in [0.3, 0.4) is 0 Å². The molecule has 3 nitrogen and oxygen atoms in total. The Balaban J connectivity index is 1.51. The Morgan fingerprint density at radius 3 is 1.31 bits per heavy atom. The predicted octanol–water partition coefficient (Wildman–Crippen LogP) is 9.37. The van der Waals surface area contributed by atoms with E-state index in [0.29, 0.717) is 0 Å². The normalized spacial score (nSPS) is 13.6. The SMILES string of the molecule is Cc1c(C)c(B(c2c(C)c(C)c(Br)c(C)c2C)c2c(C)c(C)c(N3CCN(c4nc5ccccc5s4)CC3)c(C)c2C)c(C)c(C)c1Br. The molecule has 7 heteroatoms. The molecule has 0 bridgehead atoms. The van der Waals surface area contributed by atoms with Crippen LogP contribution in [-0.2, 0) is 0 Å². The molecule has 0 spiro atoms. The summed E-state index contributed by atoms with van der Waals surface area (Å²) in [6.07, 6.45) is 0. The Labute approximate surface area is 309 Å². The van der Waals surface area contributed by atoms with Crippen molar-refractivity contribution in [3.8, 4) is 0 Å². The zero-order valence-electron chi connectivity index (χ0n) is 30.7. The molecule has 250 valence electrons. The van der Waals surface area contributed by atoms with Gasteiger partial charge >= 0.3 is 0 Å². The summed E-state index contributed by atoms with van der Waals surface area (Å²) in [6, 6.07) is 8.49. The number of hydrogen-bond acceptors (Lipinski definition) is 4. The molecule has 0 aliphatic carbocycles. The molecule has 1 fully saturated rings. The largest absolute Gasteiger partial charge is 0.368 e. The second-order valence-electron chi connectivity index (χ2n) is 14.1. The molecule has 1 aliphatic rings. The van der Waals surface area contributed by atoms with E-state index in [9.17, 15) is 0 Å². The highest BCUT2D eigenvalue weighted by Gasteiger charge is 2.36. The number of piperazine rings is 1. The van der Waals surface area contributed by atoms with Gasteiger partial charge in [-0.2, -0.15) is 0 Å². The number of hydrogen-bond donors (Lipinski definition) is 0. The number of aromatic nitrogens is 1. The standard InChI is InChI=1S/C41H48BBr2N3S/c1-21-27(7)38(43)28(8)22(2)35(21)42(36-23(3)29(9)39(44)30(10)24(36)4)37-25(5)31(11)40(32(12)26(37)6)46-17-19-47(20-18-46)41-45-33-15-13-14-16-34(33)48-41/h13-16H,17-20H2,1-12H3.